The SMILES string of the molecule is NC1(C2=Nc3ccccc3CN2)CCc2ccccc21. The molecule has 2 aliphatic rings. The van der Waals surface area contributed by atoms with Crippen molar-refractivity contribution in [2.24, 2.45) is 10.7 Å². The van der Waals surface area contributed by atoms with E-state index < -0.39 is 5.54 Å². The molecule has 3 heteroatoms. The minimum Gasteiger partial charge on any atom is -0.368 e. The van der Waals surface area contributed by atoms with Crippen molar-refractivity contribution in [1.82, 2.24) is 5.32 Å². The van der Waals surface area contributed by atoms with Gasteiger partial charge in [-0.2, -0.15) is 0 Å². The molecule has 1 heterocycles. The maximum Gasteiger partial charge on any atom is 0.127 e. The highest BCUT2D eigenvalue weighted by molar-refractivity contribution is 5.96. The molecule has 2 aromatic rings. The lowest BCUT2D eigenvalue weighted by atomic mass is 9.90. The van der Waals surface area contributed by atoms with E-state index >= 15 is 0 Å². The molecule has 0 bridgehead atoms. The number of benzene rings is 2. The number of nitrogens with two attached hydrogens (primary N) is 1. The van der Waals surface area contributed by atoms with Crippen LogP contribution in [-0.4, -0.2) is 5.84 Å². The first-order valence-corrected chi connectivity index (χ1v) is 7.05. The predicted molar refractivity (Wildman–Crippen MR) is 81.0 cm³/mol. The molecule has 100 valence electrons. The Hall–Kier alpha value is -2.13. The van der Waals surface area contributed by atoms with Crippen molar-refractivity contribution >= 4 is 11.5 Å². The quantitative estimate of drug-likeness (QED) is 0.831. The van der Waals surface area contributed by atoms with Gasteiger partial charge < -0.3 is 11.1 Å². The van der Waals surface area contributed by atoms with Gasteiger partial charge in [-0.25, -0.2) is 4.99 Å². The lowest BCUT2D eigenvalue weighted by molar-refractivity contribution is 0.569. The monoisotopic (exact) mass is 263 g/mol. The lowest BCUT2D eigenvalue weighted by Gasteiger charge is -2.31. The van der Waals surface area contributed by atoms with Crippen LogP contribution in [0, 0.1) is 0 Å². The maximum absolute atomic E-state index is 6.71. The third kappa shape index (κ3) is 1.60. The van der Waals surface area contributed by atoms with E-state index in [4.69, 9.17) is 10.7 Å². The Bertz CT molecular complexity index is 705. The standard InChI is InChI=1S/C17H17N3/c18-17(10-9-12-5-1-3-7-14(12)17)16-19-11-13-6-2-4-8-15(13)20-16/h1-8H,9-11,18H2,(H,19,20). The van der Waals surface area contributed by atoms with E-state index in [0.29, 0.717) is 0 Å². The number of fused-ring (bicyclic) bond motifs is 2. The zero-order valence-corrected chi connectivity index (χ0v) is 11.3. The van der Waals surface area contributed by atoms with Crippen LogP contribution in [0.3, 0.4) is 0 Å². The van der Waals surface area contributed by atoms with Crippen LogP contribution in [0.5, 0.6) is 0 Å². The number of rotatable bonds is 1. The molecule has 0 amide bonds. The van der Waals surface area contributed by atoms with Gasteiger partial charge in [0.05, 0.1) is 5.69 Å². The van der Waals surface area contributed by atoms with Crippen LogP contribution < -0.4 is 11.1 Å². The van der Waals surface area contributed by atoms with E-state index in [2.05, 4.69) is 41.7 Å². The van der Waals surface area contributed by atoms with Gasteiger partial charge >= 0.3 is 0 Å². The summed E-state index contributed by atoms with van der Waals surface area (Å²) in [5, 5.41) is 3.42. The first-order valence-electron chi connectivity index (χ1n) is 7.05. The fraction of sp³-hybridized carbons (Fsp3) is 0.235. The number of nitrogens with zero attached hydrogens (tertiary/aromatic N) is 1. The van der Waals surface area contributed by atoms with Gasteiger partial charge in [-0.15, -0.1) is 0 Å². The topological polar surface area (TPSA) is 50.4 Å². The van der Waals surface area contributed by atoms with Gasteiger partial charge in [0, 0.05) is 6.54 Å². The van der Waals surface area contributed by atoms with Gasteiger partial charge in [-0.3, -0.25) is 0 Å². The number of nitrogens with one attached hydrogen (secondary N) is 1. The zero-order valence-electron chi connectivity index (χ0n) is 11.3. The maximum atomic E-state index is 6.71. The predicted octanol–water partition coefficient (Wildman–Crippen LogP) is 2.62. The summed E-state index contributed by atoms with van der Waals surface area (Å²) in [5.41, 5.74) is 11.1. The minimum absolute atomic E-state index is 0.468. The van der Waals surface area contributed by atoms with E-state index in [1.807, 2.05) is 12.1 Å². The Morgan fingerprint density at radius 3 is 2.65 bits per heavy atom. The van der Waals surface area contributed by atoms with Gasteiger partial charge in [0.1, 0.15) is 11.4 Å². The molecule has 0 fully saturated rings. The molecule has 0 saturated heterocycles. The first kappa shape index (κ1) is 11.7. The van der Waals surface area contributed by atoms with E-state index in [1.54, 1.807) is 0 Å². The van der Waals surface area contributed by atoms with Crippen LogP contribution in [0.15, 0.2) is 53.5 Å². The van der Waals surface area contributed by atoms with E-state index in [0.717, 1.165) is 30.9 Å². The Morgan fingerprint density at radius 1 is 1.00 bits per heavy atom. The number of hydrogen-bond acceptors (Lipinski definition) is 3. The third-order valence-electron chi connectivity index (χ3n) is 4.38. The first-order chi connectivity index (χ1) is 9.77. The number of hydrogen-bond donors (Lipinski definition) is 2. The average molecular weight is 263 g/mol. The van der Waals surface area contributed by atoms with E-state index in [-0.39, 0.29) is 0 Å². The summed E-state index contributed by atoms with van der Waals surface area (Å²) < 4.78 is 0. The van der Waals surface area contributed by atoms with Crippen LogP contribution >= 0.6 is 0 Å². The molecule has 4 rings (SSSR count). The van der Waals surface area contributed by atoms with Gasteiger partial charge in [-0.1, -0.05) is 42.5 Å². The van der Waals surface area contributed by atoms with Gasteiger partial charge in [0.15, 0.2) is 0 Å². The largest absolute Gasteiger partial charge is 0.368 e. The summed E-state index contributed by atoms with van der Waals surface area (Å²) in [4.78, 5) is 4.78. The second-order valence-corrected chi connectivity index (χ2v) is 5.57. The Morgan fingerprint density at radius 2 is 1.75 bits per heavy atom. The molecule has 3 nitrogen and oxygen atoms in total. The zero-order chi connectivity index (χ0) is 13.6. The Balaban J connectivity index is 1.82. The highest BCUT2D eigenvalue weighted by Crippen LogP contribution is 2.37. The van der Waals surface area contributed by atoms with Crippen LogP contribution in [0.4, 0.5) is 5.69 Å². The van der Waals surface area contributed by atoms with Crippen LogP contribution in [0.1, 0.15) is 23.1 Å². The highest BCUT2D eigenvalue weighted by Gasteiger charge is 2.40. The number of amidine groups is 1. The molecule has 2 aromatic carbocycles. The normalized spacial score (nSPS) is 23.6. The highest BCUT2D eigenvalue weighted by atomic mass is 15.1. The molecule has 3 N–H and O–H groups in total. The van der Waals surface area contributed by atoms with E-state index in [9.17, 15) is 0 Å². The van der Waals surface area contributed by atoms with Crippen LogP contribution in [0.2, 0.25) is 0 Å². The molecule has 1 aliphatic heterocycles. The van der Waals surface area contributed by atoms with Crippen molar-refractivity contribution in [2.75, 3.05) is 0 Å². The summed E-state index contributed by atoms with van der Waals surface area (Å²) in [6.45, 7) is 0.802. The second kappa shape index (κ2) is 4.18. The Kier molecular flexibility index (Phi) is 2.44. The lowest BCUT2D eigenvalue weighted by Crippen LogP contribution is -2.50. The Labute approximate surface area is 118 Å². The summed E-state index contributed by atoms with van der Waals surface area (Å²) in [6.07, 6.45) is 1.94. The van der Waals surface area contributed by atoms with Gasteiger partial charge in [0.2, 0.25) is 0 Å². The summed E-state index contributed by atoms with van der Waals surface area (Å²) in [7, 11) is 0. The smallest absolute Gasteiger partial charge is 0.127 e. The molecule has 0 aromatic heterocycles. The summed E-state index contributed by atoms with van der Waals surface area (Å²) in [6, 6.07) is 16.7. The molecule has 20 heavy (non-hydrogen) atoms. The van der Waals surface area contributed by atoms with Crippen molar-refractivity contribution in [3.05, 3.63) is 65.2 Å². The molecule has 1 unspecified atom stereocenters. The van der Waals surface area contributed by atoms with Gasteiger partial charge in [-0.05, 0) is 35.6 Å². The van der Waals surface area contributed by atoms with Crippen molar-refractivity contribution < 1.29 is 0 Å². The third-order valence-corrected chi connectivity index (χ3v) is 4.38. The molecular weight excluding hydrogens is 246 g/mol. The number of para-hydroxylation sites is 1. The van der Waals surface area contributed by atoms with E-state index in [1.165, 1.54) is 16.7 Å². The summed E-state index contributed by atoms with van der Waals surface area (Å²) in [5.74, 6) is 0.904. The summed E-state index contributed by atoms with van der Waals surface area (Å²) >= 11 is 0. The van der Waals surface area contributed by atoms with Crippen LogP contribution in [0.25, 0.3) is 0 Å². The number of aryl methyl sites for hydroxylation is 1. The van der Waals surface area contributed by atoms with Gasteiger partial charge in [0.25, 0.3) is 0 Å². The molecule has 1 atom stereocenters. The molecular formula is C17H17N3. The number of aliphatic imine (C=N–C) groups is 1. The van der Waals surface area contributed by atoms with Crippen molar-refractivity contribution in [1.29, 1.82) is 0 Å². The second-order valence-electron chi connectivity index (χ2n) is 5.57. The fourth-order valence-electron chi connectivity index (χ4n) is 3.25. The van der Waals surface area contributed by atoms with Crippen molar-refractivity contribution in [3.8, 4) is 0 Å². The van der Waals surface area contributed by atoms with Crippen molar-refractivity contribution in [3.63, 3.8) is 0 Å². The molecule has 0 radical (unpaired) electrons. The molecule has 0 saturated carbocycles. The van der Waals surface area contributed by atoms with Crippen molar-refractivity contribution in [2.45, 2.75) is 24.9 Å². The average Bonchev–Trinajstić information content (AvgIpc) is 2.86. The van der Waals surface area contributed by atoms with Crippen LogP contribution in [-0.2, 0) is 18.5 Å². The molecule has 1 aliphatic carbocycles. The fourth-order valence-corrected chi connectivity index (χ4v) is 3.25. The minimum atomic E-state index is -0.468. The molecule has 0 spiro atoms.